The van der Waals surface area contributed by atoms with Crippen LogP contribution in [0.15, 0.2) is 60.7 Å². The zero-order chi connectivity index (χ0) is 56.0. The van der Waals surface area contributed by atoms with Crippen LogP contribution in [-0.4, -0.2) is 54.1 Å². The zero-order valence-corrected chi connectivity index (χ0v) is 51.3. The number of hydrogen-bond donors (Lipinski definition) is 1. The molecule has 0 saturated heterocycles. The summed E-state index contributed by atoms with van der Waals surface area (Å²) in [5, 5.41) is 3.04. The summed E-state index contributed by atoms with van der Waals surface area (Å²) in [7, 11) is 0. The molecule has 2 rings (SSSR count). The number of benzene rings is 2. The van der Waals surface area contributed by atoms with Crippen LogP contribution in [0.5, 0.6) is 0 Å². The van der Waals surface area contributed by atoms with Crippen LogP contribution in [-0.2, 0) is 33.4 Å². The lowest BCUT2D eigenvalue weighted by molar-refractivity contribution is -0.157. The molecule has 0 aliphatic rings. The van der Waals surface area contributed by atoms with Crippen LogP contribution in [0.2, 0.25) is 0 Å². The number of thioether (sulfide) groups is 1. The summed E-state index contributed by atoms with van der Waals surface area (Å²) < 4.78 is 18.1. The number of rotatable bonds is 56. The Bertz CT molecular complexity index is 1640. The second-order valence-corrected chi connectivity index (χ2v) is 23.9. The molecule has 0 aromatic heterocycles. The minimum atomic E-state index is -0.936. The zero-order valence-electron chi connectivity index (χ0n) is 50.5. The SMILES string of the molecule is CCCCCCCCCCCCCCCCCC(=O)N[C@H](CSC[C@@H](COC(=O)CCCCCCCCCCCCCCC)OC(=O)CCCCCCCCCCCCCCC)C(=O)OC(c1ccccc1)c1ccccc1. The minimum Gasteiger partial charge on any atom is -0.462 e. The molecule has 0 spiro atoms. The van der Waals surface area contributed by atoms with Gasteiger partial charge in [0.25, 0.3) is 0 Å². The summed E-state index contributed by atoms with van der Waals surface area (Å²) in [5.74, 6) is -0.759. The van der Waals surface area contributed by atoms with Crippen LogP contribution in [0, 0.1) is 0 Å². The predicted molar refractivity (Wildman–Crippen MR) is 331 cm³/mol. The van der Waals surface area contributed by atoms with Crippen molar-refractivity contribution in [1.29, 1.82) is 0 Å². The van der Waals surface area contributed by atoms with E-state index in [1.165, 1.54) is 217 Å². The number of carbonyl (C=O) groups is 4. The van der Waals surface area contributed by atoms with Gasteiger partial charge in [0.1, 0.15) is 18.8 Å². The van der Waals surface area contributed by atoms with Gasteiger partial charge in [0, 0.05) is 30.8 Å². The molecule has 446 valence electrons. The molecule has 0 radical (unpaired) electrons. The van der Waals surface area contributed by atoms with Crippen LogP contribution in [0.4, 0.5) is 0 Å². The largest absolute Gasteiger partial charge is 0.462 e. The van der Waals surface area contributed by atoms with Crippen LogP contribution in [0.3, 0.4) is 0 Å². The Morgan fingerprint density at radius 3 is 1.06 bits per heavy atom. The third-order valence-electron chi connectivity index (χ3n) is 15.4. The van der Waals surface area contributed by atoms with Gasteiger partial charge >= 0.3 is 17.9 Å². The van der Waals surface area contributed by atoms with E-state index in [9.17, 15) is 19.2 Å². The molecule has 0 saturated carbocycles. The van der Waals surface area contributed by atoms with Crippen molar-refractivity contribution in [3.8, 4) is 0 Å². The Labute approximate surface area is 483 Å². The number of ether oxygens (including phenoxy) is 3. The van der Waals surface area contributed by atoms with Crippen molar-refractivity contribution in [2.24, 2.45) is 0 Å². The van der Waals surface area contributed by atoms with Gasteiger partial charge in [-0.25, -0.2) is 4.79 Å². The lowest BCUT2D eigenvalue weighted by Crippen LogP contribution is -2.44. The second kappa shape index (κ2) is 53.0. The number of carbonyl (C=O) groups excluding carboxylic acids is 4. The fraction of sp³-hybridized carbons (Fsp3) is 0.768. The first-order chi connectivity index (χ1) is 38.4. The van der Waals surface area contributed by atoms with Crippen molar-refractivity contribution >= 4 is 35.6 Å². The van der Waals surface area contributed by atoms with E-state index >= 15 is 0 Å². The highest BCUT2D eigenvalue weighted by Gasteiger charge is 2.28. The Hall–Kier alpha value is -3.33. The Balaban J connectivity index is 1.97. The lowest BCUT2D eigenvalue weighted by Gasteiger charge is -2.24. The molecular formula is C69H117NO7S. The predicted octanol–water partition coefficient (Wildman–Crippen LogP) is 20.2. The first-order valence-corrected chi connectivity index (χ1v) is 34.1. The van der Waals surface area contributed by atoms with Gasteiger partial charge in [-0.3, -0.25) is 14.4 Å². The van der Waals surface area contributed by atoms with Crippen molar-refractivity contribution in [2.45, 2.75) is 322 Å². The molecule has 0 fully saturated rings. The van der Waals surface area contributed by atoms with Crippen LogP contribution >= 0.6 is 11.8 Å². The van der Waals surface area contributed by atoms with Gasteiger partial charge in [-0.1, -0.05) is 325 Å². The smallest absolute Gasteiger partial charge is 0.330 e. The highest BCUT2D eigenvalue weighted by Crippen LogP contribution is 2.27. The van der Waals surface area contributed by atoms with Crippen LogP contribution < -0.4 is 5.32 Å². The molecule has 0 aliphatic heterocycles. The quantitative estimate of drug-likeness (QED) is 0.0396. The maximum absolute atomic E-state index is 14.3. The monoisotopic (exact) mass is 1100 g/mol. The van der Waals surface area contributed by atoms with E-state index in [0.717, 1.165) is 68.9 Å². The average molecular weight is 1100 g/mol. The number of nitrogens with one attached hydrogen (secondary N) is 1. The normalized spacial score (nSPS) is 12.2. The summed E-state index contributed by atoms with van der Waals surface area (Å²) in [6, 6.07) is 18.4. The molecule has 0 heterocycles. The third kappa shape index (κ3) is 41.6. The summed E-state index contributed by atoms with van der Waals surface area (Å²) in [6.45, 7) is 6.76. The van der Waals surface area contributed by atoms with E-state index in [1.54, 1.807) is 0 Å². The van der Waals surface area contributed by atoms with E-state index in [0.29, 0.717) is 25.0 Å². The molecule has 2 aromatic rings. The van der Waals surface area contributed by atoms with E-state index in [-0.39, 0.29) is 30.2 Å². The van der Waals surface area contributed by atoms with E-state index in [1.807, 2.05) is 60.7 Å². The Morgan fingerprint density at radius 1 is 0.385 bits per heavy atom. The molecule has 0 aliphatic carbocycles. The number of unbranched alkanes of at least 4 members (excludes halogenated alkanes) is 38. The maximum atomic E-state index is 14.3. The molecular weight excluding hydrogens is 987 g/mol. The van der Waals surface area contributed by atoms with Gasteiger partial charge in [-0.05, 0) is 30.4 Å². The molecule has 1 amide bonds. The average Bonchev–Trinajstić information content (AvgIpc) is 3.45. The van der Waals surface area contributed by atoms with E-state index < -0.39 is 24.2 Å². The van der Waals surface area contributed by atoms with E-state index in [4.69, 9.17) is 14.2 Å². The third-order valence-corrected chi connectivity index (χ3v) is 16.5. The number of amides is 1. The van der Waals surface area contributed by atoms with Gasteiger partial charge in [-0.15, -0.1) is 0 Å². The topological polar surface area (TPSA) is 108 Å². The Morgan fingerprint density at radius 2 is 0.705 bits per heavy atom. The lowest BCUT2D eigenvalue weighted by atomic mass is 10.0. The number of esters is 3. The van der Waals surface area contributed by atoms with Gasteiger partial charge in [-0.2, -0.15) is 11.8 Å². The standard InChI is InChI=1S/C69H117NO7S/c1-4-7-10-13-16-19-22-25-26-29-30-33-36-39-48-55-65(71)70-64(69(74)77-68(61-51-44-42-45-52-61)62-53-46-43-47-54-62)60-78-59-63(76-67(73)57-50-41-38-35-32-28-24-21-18-15-12-9-6-3)58-75-66(72)56-49-40-37-34-31-27-23-20-17-14-11-8-5-2/h42-47,51-54,63-64,68H,4-41,48-50,55-60H2,1-3H3,(H,70,71)/t63-,64-/m1/s1. The first-order valence-electron chi connectivity index (χ1n) is 32.9. The molecule has 1 N–H and O–H groups in total. The number of hydrogen-bond acceptors (Lipinski definition) is 8. The van der Waals surface area contributed by atoms with Gasteiger partial charge in [0.05, 0.1) is 0 Å². The van der Waals surface area contributed by atoms with Gasteiger partial charge in [0.2, 0.25) is 5.91 Å². The molecule has 2 aromatic carbocycles. The van der Waals surface area contributed by atoms with E-state index in [2.05, 4.69) is 26.1 Å². The summed E-state index contributed by atoms with van der Waals surface area (Å²) >= 11 is 1.40. The summed E-state index contributed by atoms with van der Waals surface area (Å²) in [6.07, 6.45) is 50.4. The van der Waals surface area contributed by atoms with Crippen molar-refractivity contribution in [3.05, 3.63) is 71.8 Å². The fourth-order valence-corrected chi connectivity index (χ4v) is 11.4. The summed E-state index contributed by atoms with van der Waals surface area (Å²) in [5.41, 5.74) is 1.67. The highest BCUT2D eigenvalue weighted by molar-refractivity contribution is 7.99. The molecule has 0 unspecified atom stereocenters. The summed E-state index contributed by atoms with van der Waals surface area (Å²) in [4.78, 5) is 54.2. The molecule has 9 heteroatoms. The second-order valence-electron chi connectivity index (χ2n) is 22.8. The minimum absolute atomic E-state index is 0.0423. The fourth-order valence-electron chi connectivity index (χ4n) is 10.4. The van der Waals surface area contributed by atoms with Gasteiger partial charge < -0.3 is 19.5 Å². The van der Waals surface area contributed by atoms with Crippen LogP contribution in [0.1, 0.15) is 321 Å². The van der Waals surface area contributed by atoms with Crippen molar-refractivity contribution in [3.63, 3.8) is 0 Å². The van der Waals surface area contributed by atoms with Crippen LogP contribution in [0.25, 0.3) is 0 Å². The molecule has 0 bridgehead atoms. The van der Waals surface area contributed by atoms with Gasteiger partial charge in [0.15, 0.2) is 6.10 Å². The molecule has 78 heavy (non-hydrogen) atoms. The highest BCUT2D eigenvalue weighted by atomic mass is 32.2. The maximum Gasteiger partial charge on any atom is 0.330 e. The van der Waals surface area contributed by atoms with Crippen molar-refractivity contribution in [1.82, 2.24) is 5.32 Å². The first kappa shape index (κ1) is 70.8. The Kier molecular flexibility index (Phi) is 48.1. The van der Waals surface area contributed by atoms with Crippen molar-refractivity contribution in [2.75, 3.05) is 18.1 Å². The molecule has 2 atom stereocenters. The van der Waals surface area contributed by atoms with Crippen molar-refractivity contribution < 1.29 is 33.4 Å². The molecule has 8 nitrogen and oxygen atoms in total.